The summed E-state index contributed by atoms with van der Waals surface area (Å²) < 4.78 is 7.88. The Balaban J connectivity index is 1.35. The molecule has 3 aromatic rings. The van der Waals surface area contributed by atoms with Crippen LogP contribution < -0.4 is 15.0 Å². The molecule has 0 saturated heterocycles. The van der Waals surface area contributed by atoms with Gasteiger partial charge in [-0.2, -0.15) is 0 Å². The van der Waals surface area contributed by atoms with Crippen molar-refractivity contribution in [2.75, 3.05) is 23.9 Å². The number of aromatic nitrogens is 2. The number of hydrogen-bond acceptors (Lipinski definition) is 4. The summed E-state index contributed by atoms with van der Waals surface area (Å²) in [4.78, 5) is 19.8. The van der Waals surface area contributed by atoms with Gasteiger partial charge in [-0.3, -0.25) is 4.79 Å². The minimum Gasteiger partial charge on any atom is -0.494 e. The van der Waals surface area contributed by atoms with Gasteiger partial charge in [0.05, 0.1) is 30.4 Å². The monoisotopic (exact) mass is 438 g/mol. The van der Waals surface area contributed by atoms with E-state index in [1.165, 1.54) is 6.42 Å². The Kier molecular flexibility index (Phi) is 5.48. The second-order valence-electron chi connectivity index (χ2n) is 8.44. The van der Waals surface area contributed by atoms with Crippen LogP contribution in [0.3, 0.4) is 0 Å². The van der Waals surface area contributed by atoms with Crippen LogP contribution in [0.4, 0.5) is 11.4 Å². The predicted octanol–water partition coefficient (Wildman–Crippen LogP) is 5.24. The Morgan fingerprint density at radius 1 is 1.13 bits per heavy atom. The summed E-state index contributed by atoms with van der Waals surface area (Å²) in [6.07, 6.45) is 5.47. The summed E-state index contributed by atoms with van der Waals surface area (Å²) in [5.41, 5.74) is 3.85. The van der Waals surface area contributed by atoms with Gasteiger partial charge >= 0.3 is 0 Å². The van der Waals surface area contributed by atoms with E-state index in [0.717, 1.165) is 67.0 Å². The van der Waals surface area contributed by atoms with E-state index < -0.39 is 0 Å². The van der Waals surface area contributed by atoms with Gasteiger partial charge in [-0.15, -0.1) is 0 Å². The summed E-state index contributed by atoms with van der Waals surface area (Å²) in [5.74, 6) is 1.93. The van der Waals surface area contributed by atoms with Crippen LogP contribution in [0.25, 0.3) is 11.0 Å². The van der Waals surface area contributed by atoms with Gasteiger partial charge in [-0.1, -0.05) is 30.9 Å². The van der Waals surface area contributed by atoms with Gasteiger partial charge in [-0.05, 0) is 43.2 Å². The maximum atomic E-state index is 12.7. The van der Waals surface area contributed by atoms with Crippen molar-refractivity contribution in [2.45, 2.75) is 45.2 Å². The molecular weight excluding hydrogens is 412 g/mol. The van der Waals surface area contributed by atoms with E-state index in [9.17, 15) is 4.79 Å². The molecule has 1 amide bonds. The van der Waals surface area contributed by atoms with Gasteiger partial charge < -0.3 is 19.5 Å². The highest BCUT2D eigenvalue weighted by molar-refractivity contribution is 6.31. The van der Waals surface area contributed by atoms with Gasteiger partial charge in [-0.25, -0.2) is 4.98 Å². The molecule has 2 aromatic carbocycles. The van der Waals surface area contributed by atoms with E-state index in [2.05, 4.69) is 14.8 Å². The summed E-state index contributed by atoms with van der Waals surface area (Å²) >= 11 is 6.14. The highest BCUT2D eigenvalue weighted by atomic mass is 35.5. The maximum absolute atomic E-state index is 12.7. The minimum absolute atomic E-state index is 0.108. The highest BCUT2D eigenvalue weighted by Crippen LogP contribution is 2.33. The van der Waals surface area contributed by atoms with Crippen LogP contribution in [0, 0.1) is 5.92 Å². The van der Waals surface area contributed by atoms with Crippen LogP contribution in [-0.4, -0.2) is 29.1 Å². The molecule has 0 bridgehead atoms. The molecule has 5 rings (SSSR count). The first kappa shape index (κ1) is 20.2. The number of benzene rings is 2. The number of amides is 1. The SMILES string of the molecule is COc1cc(N2CCn3c(nc4cc(Cl)ccc43)C2)ccc1NC(=O)C1CCCCC1. The largest absolute Gasteiger partial charge is 0.494 e. The van der Waals surface area contributed by atoms with Crippen LogP contribution >= 0.6 is 11.6 Å². The van der Waals surface area contributed by atoms with Crippen molar-refractivity contribution >= 4 is 39.9 Å². The first-order chi connectivity index (χ1) is 15.1. The molecule has 1 aliphatic heterocycles. The number of fused-ring (bicyclic) bond motifs is 3. The molecule has 1 aliphatic carbocycles. The lowest BCUT2D eigenvalue weighted by Crippen LogP contribution is -2.33. The third kappa shape index (κ3) is 3.97. The average Bonchev–Trinajstić information content (AvgIpc) is 3.16. The topological polar surface area (TPSA) is 59.4 Å². The predicted molar refractivity (Wildman–Crippen MR) is 124 cm³/mol. The second kappa shape index (κ2) is 8.42. The third-order valence-corrected chi connectivity index (χ3v) is 6.73. The van der Waals surface area contributed by atoms with Crippen LogP contribution in [0.15, 0.2) is 36.4 Å². The first-order valence-electron chi connectivity index (χ1n) is 11.0. The number of imidazole rings is 1. The van der Waals surface area contributed by atoms with E-state index in [0.29, 0.717) is 17.3 Å². The molecule has 0 radical (unpaired) electrons. The van der Waals surface area contributed by atoms with E-state index in [-0.39, 0.29) is 11.8 Å². The molecule has 1 N–H and O–H groups in total. The molecule has 6 nitrogen and oxygen atoms in total. The van der Waals surface area contributed by atoms with Crippen molar-refractivity contribution in [3.8, 4) is 5.75 Å². The number of carbonyl (C=O) groups excluding carboxylic acids is 1. The van der Waals surface area contributed by atoms with E-state index in [1.54, 1.807) is 7.11 Å². The Hall–Kier alpha value is -2.73. The number of methoxy groups -OCH3 is 1. The number of hydrogen-bond donors (Lipinski definition) is 1. The van der Waals surface area contributed by atoms with Gasteiger partial charge in [0, 0.05) is 35.8 Å². The number of nitrogens with zero attached hydrogens (tertiary/aromatic N) is 3. The van der Waals surface area contributed by atoms with E-state index >= 15 is 0 Å². The molecule has 162 valence electrons. The summed E-state index contributed by atoms with van der Waals surface area (Å²) in [5, 5.41) is 3.79. The molecule has 1 aromatic heterocycles. The first-order valence-corrected chi connectivity index (χ1v) is 11.4. The lowest BCUT2D eigenvalue weighted by molar-refractivity contribution is -0.120. The molecule has 0 atom stereocenters. The smallest absolute Gasteiger partial charge is 0.227 e. The number of carbonyl (C=O) groups is 1. The van der Waals surface area contributed by atoms with Gasteiger partial charge in [0.15, 0.2) is 0 Å². The van der Waals surface area contributed by atoms with Gasteiger partial charge in [0.25, 0.3) is 0 Å². The number of rotatable bonds is 4. The highest BCUT2D eigenvalue weighted by Gasteiger charge is 2.24. The molecule has 1 fully saturated rings. The third-order valence-electron chi connectivity index (χ3n) is 6.50. The molecule has 0 unspecified atom stereocenters. The lowest BCUT2D eigenvalue weighted by atomic mass is 9.88. The molecular formula is C24H27ClN4O2. The Bertz CT molecular complexity index is 1120. The summed E-state index contributed by atoms with van der Waals surface area (Å²) in [6.45, 7) is 2.44. The zero-order valence-electron chi connectivity index (χ0n) is 17.7. The van der Waals surface area contributed by atoms with Crippen molar-refractivity contribution in [3.05, 3.63) is 47.2 Å². The fraction of sp³-hybridized carbons (Fsp3) is 0.417. The van der Waals surface area contributed by atoms with Crippen molar-refractivity contribution in [3.63, 3.8) is 0 Å². The molecule has 0 spiro atoms. The Morgan fingerprint density at radius 3 is 2.77 bits per heavy atom. The molecule has 2 aliphatic rings. The maximum Gasteiger partial charge on any atom is 0.227 e. The lowest BCUT2D eigenvalue weighted by Gasteiger charge is -2.30. The number of ether oxygens (including phenoxy) is 1. The fourth-order valence-corrected chi connectivity index (χ4v) is 4.96. The zero-order valence-corrected chi connectivity index (χ0v) is 18.5. The zero-order chi connectivity index (χ0) is 21.4. The van der Waals surface area contributed by atoms with Gasteiger partial charge in [0.1, 0.15) is 11.6 Å². The molecule has 7 heteroatoms. The van der Waals surface area contributed by atoms with E-state index in [4.69, 9.17) is 21.3 Å². The van der Waals surface area contributed by atoms with Crippen molar-refractivity contribution in [2.24, 2.45) is 5.92 Å². The van der Waals surface area contributed by atoms with Crippen LogP contribution in [-0.2, 0) is 17.9 Å². The number of anilines is 2. The van der Waals surface area contributed by atoms with E-state index in [1.807, 2.05) is 36.4 Å². The van der Waals surface area contributed by atoms with Crippen molar-refractivity contribution in [1.82, 2.24) is 9.55 Å². The summed E-state index contributed by atoms with van der Waals surface area (Å²) in [6, 6.07) is 11.9. The minimum atomic E-state index is 0.108. The standard InChI is InChI=1S/C24H27ClN4O2/c1-31-22-14-18(8-9-19(22)27-24(30)16-5-3-2-4-6-16)28-11-12-29-21-10-7-17(25)13-20(21)26-23(29)15-28/h7-10,13-14,16H,2-6,11-12,15H2,1H3,(H,27,30). The summed E-state index contributed by atoms with van der Waals surface area (Å²) in [7, 11) is 1.65. The van der Waals surface area contributed by atoms with Crippen molar-refractivity contribution < 1.29 is 9.53 Å². The van der Waals surface area contributed by atoms with Crippen LogP contribution in [0.5, 0.6) is 5.75 Å². The van der Waals surface area contributed by atoms with Crippen LogP contribution in [0.2, 0.25) is 5.02 Å². The average molecular weight is 439 g/mol. The number of halogens is 1. The molecule has 31 heavy (non-hydrogen) atoms. The quantitative estimate of drug-likeness (QED) is 0.605. The molecule has 1 saturated carbocycles. The Morgan fingerprint density at radius 2 is 1.97 bits per heavy atom. The fourth-order valence-electron chi connectivity index (χ4n) is 4.79. The van der Waals surface area contributed by atoms with Crippen LogP contribution in [0.1, 0.15) is 37.9 Å². The normalized spacial score (nSPS) is 16.9. The van der Waals surface area contributed by atoms with Gasteiger partial charge in [0.2, 0.25) is 5.91 Å². The second-order valence-corrected chi connectivity index (χ2v) is 8.88. The molecule has 2 heterocycles. The number of nitrogens with one attached hydrogen (secondary N) is 1. The van der Waals surface area contributed by atoms with Crippen molar-refractivity contribution in [1.29, 1.82) is 0 Å². The Labute approximate surface area is 187 Å².